The van der Waals surface area contributed by atoms with Gasteiger partial charge in [0.05, 0.1) is 7.05 Å². The van der Waals surface area contributed by atoms with E-state index in [1.54, 1.807) is 0 Å². The van der Waals surface area contributed by atoms with E-state index in [9.17, 15) is 10.1 Å². The molecular formula is C6H9N7O2. The molecule has 0 radical (unpaired) electrons. The van der Waals surface area contributed by atoms with Crippen LogP contribution in [-0.2, 0) is 7.05 Å². The molecule has 0 unspecified atom stereocenters. The minimum absolute atomic E-state index is 0.138. The minimum Gasteiger partial charge on any atom is -0.369 e. The van der Waals surface area contributed by atoms with E-state index in [1.165, 1.54) is 17.8 Å². The highest BCUT2D eigenvalue weighted by atomic mass is 16.6. The number of imidazole rings is 1. The molecule has 0 aliphatic rings. The molecule has 1 aromatic heterocycles. The van der Waals surface area contributed by atoms with Crippen LogP contribution in [-0.4, -0.2) is 26.6 Å². The molecule has 0 saturated carbocycles. The first-order valence-corrected chi connectivity index (χ1v) is 3.80. The van der Waals surface area contributed by atoms with Crippen molar-refractivity contribution in [2.24, 2.45) is 28.7 Å². The standard InChI is InChI=1S/C6H9N7O2/c1-12-4(2-10-11-6(7)8)9-3-5(12)13(14)15/h2-3H,1H3,(H4,7,8,11)/b10-2+. The maximum Gasteiger partial charge on any atom is 0.342 e. The van der Waals surface area contributed by atoms with Crippen LogP contribution >= 0.6 is 0 Å². The van der Waals surface area contributed by atoms with Crippen LogP contribution < -0.4 is 11.5 Å². The summed E-state index contributed by atoms with van der Waals surface area (Å²) < 4.78 is 1.26. The lowest BCUT2D eigenvalue weighted by Crippen LogP contribution is -2.21. The number of rotatable bonds is 3. The summed E-state index contributed by atoms with van der Waals surface area (Å²) in [5.41, 5.74) is 10.1. The summed E-state index contributed by atoms with van der Waals surface area (Å²) in [7, 11) is 1.49. The van der Waals surface area contributed by atoms with Crippen molar-refractivity contribution < 1.29 is 4.92 Å². The van der Waals surface area contributed by atoms with Crippen molar-refractivity contribution in [3.8, 4) is 0 Å². The lowest BCUT2D eigenvalue weighted by molar-refractivity contribution is -0.391. The normalized spacial score (nSPS) is 10.5. The molecule has 0 bridgehead atoms. The van der Waals surface area contributed by atoms with Crippen LogP contribution in [0.5, 0.6) is 0 Å². The summed E-state index contributed by atoms with van der Waals surface area (Å²) in [6.45, 7) is 0. The van der Waals surface area contributed by atoms with Crippen LogP contribution in [0.1, 0.15) is 5.82 Å². The first-order valence-electron chi connectivity index (χ1n) is 3.80. The smallest absolute Gasteiger partial charge is 0.342 e. The number of aromatic nitrogens is 2. The molecule has 80 valence electrons. The summed E-state index contributed by atoms with van der Waals surface area (Å²) >= 11 is 0. The van der Waals surface area contributed by atoms with Crippen molar-refractivity contribution in [1.29, 1.82) is 0 Å². The quantitative estimate of drug-likeness (QED) is 0.284. The third-order valence-electron chi connectivity index (χ3n) is 1.53. The van der Waals surface area contributed by atoms with Gasteiger partial charge in [0.15, 0.2) is 0 Å². The number of nitro groups is 1. The number of hydrogen-bond acceptors (Lipinski definition) is 5. The predicted octanol–water partition coefficient (Wildman–Crippen LogP) is -1.06. The van der Waals surface area contributed by atoms with E-state index in [1.807, 2.05) is 0 Å². The molecule has 1 rings (SSSR count). The molecule has 0 spiro atoms. The van der Waals surface area contributed by atoms with Gasteiger partial charge in [-0.2, -0.15) is 0 Å². The zero-order valence-corrected chi connectivity index (χ0v) is 7.86. The second-order valence-electron chi connectivity index (χ2n) is 2.56. The molecule has 9 nitrogen and oxygen atoms in total. The number of nitrogens with zero attached hydrogens (tertiary/aromatic N) is 5. The summed E-state index contributed by atoms with van der Waals surface area (Å²) in [5, 5.41) is 17.3. The second kappa shape index (κ2) is 4.17. The zero-order valence-electron chi connectivity index (χ0n) is 7.86. The molecule has 0 saturated heterocycles. The van der Waals surface area contributed by atoms with Crippen LogP contribution in [0.4, 0.5) is 5.82 Å². The maximum absolute atomic E-state index is 10.4. The zero-order chi connectivity index (χ0) is 11.4. The van der Waals surface area contributed by atoms with Gasteiger partial charge in [0, 0.05) is 0 Å². The van der Waals surface area contributed by atoms with Gasteiger partial charge in [-0.05, 0) is 4.92 Å². The molecule has 0 amide bonds. The fourth-order valence-electron chi connectivity index (χ4n) is 0.851. The first-order chi connectivity index (χ1) is 7.02. The topological polar surface area (TPSA) is 138 Å². The van der Waals surface area contributed by atoms with E-state index >= 15 is 0 Å². The van der Waals surface area contributed by atoms with Crippen LogP contribution in [0.2, 0.25) is 0 Å². The second-order valence-corrected chi connectivity index (χ2v) is 2.56. The Labute approximate surface area is 84.3 Å². The molecular weight excluding hydrogens is 202 g/mol. The van der Waals surface area contributed by atoms with Gasteiger partial charge in [-0.3, -0.25) is 0 Å². The monoisotopic (exact) mass is 211 g/mol. The number of hydrogen-bond donors (Lipinski definition) is 2. The van der Waals surface area contributed by atoms with E-state index in [0.717, 1.165) is 6.20 Å². The Hall–Kier alpha value is -2.45. The van der Waals surface area contributed by atoms with Crippen LogP contribution in [0.25, 0.3) is 0 Å². The van der Waals surface area contributed by atoms with Crippen molar-refractivity contribution in [1.82, 2.24) is 9.55 Å². The van der Waals surface area contributed by atoms with Gasteiger partial charge in [0.2, 0.25) is 11.8 Å². The Kier molecular flexibility index (Phi) is 2.96. The minimum atomic E-state index is -0.551. The number of guanidine groups is 1. The SMILES string of the molecule is Cn1c([N+](=O)[O-])cnc1/C=N/N=C(N)N. The maximum atomic E-state index is 10.4. The summed E-state index contributed by atoms with van der Waals surface area (Å²) in [5.74, 6) is -0.0530. The fraction of sp³-hybridized carbons (Fsp3) is 0.167. The highest BCUT2D eigenvalue weighted by Gasteiger charge is 2.14. The largest absolute Gasteiger partial charge is 0.369 e. The van der Waals surface area contributed by atoms with E-state index in [0.29, 0.717) is 0 Å². The molecule has 9 heteroatoms. The summed E-state index contributed by atoms with van der Waals surface area (Å²) in [6.07, 6.45) is 2.34. The average Bonchev–Trinajstić information content (AvgIpc) is 2.47. The molecule has 0 atom stereocenters. The molecule has 0 fully saturated rings. The van der Waals surface area contributed by atoms with E-state index in [-0.39, 0.29) is 17.6 Å². The highest BCUT2D eigenvalue weighted by Crippen LogP contribution is 2.09. The van der Waals surface area contributed by atoms with Crippen LogP contribution in [0.3, 0.4) is 0 Å². The molecule has 1 heterocycles. The molecule has 1 aromatic rings. The highest BCUT2D eigenvalue weighted by molar-refractivity contribution is 5.79. The van der Waals surface area contributed by atoms with Crippen molar-refractivity contribution in [3.05, 3.63) is 22.1 Å². The van der Waals surface area contributed by atoms with E-state index in [4.69, 9.17) is 11.5 Å². The fourth-order valence-corrected chi connectivity index (χ4v) is 0.851. The van der Waals surface area contributed by atoms with Gasteiger partial charge in [-0.25, -0.2) is 9.55 Å². The molecule has 15 heavy (non-hydrogen) atoms. The lowest BCUT2D eigenvalue weighted by atomic mass is 10.6. The van der Waals surface area contributed by atoms with Gasteiger partial charge in [-0.1, -0.05) is 0 Å². The van der Waals surface area contributed by atoms with Gasteiger partial charge in [0.25, 0.3) is 0 Å². The van der Waals surface area contributed by atoms with Crippen molar-refractivity contribution in [3.63, 3.8) is 0 Å². The van der Waals surface area contributed by atoms with E-state index in [2.05, 4.69) is 15.2 Å². The molecule has 0 aliphatic carbocycles. The van der Waals surface area contributed by atoms with Crippen molar-refractivity contribution >= 4 is 18.0 Å². The Bertz CT molecular complexity index is 429. The lowest BCUT2D eigenvalue weighted by Gasteiger charge is -1.92. The Morgan fingerprint density at radius 1 is 1.73 bits per heavy atom. The third kappa shape index (κ3) is 2.49. The van der Waals surface area contributed by atoms with Gasteiger partial charge < -0.3 is 21.6 Å². The molecule has 0 aliphatic heterocycles. The summed E-state index contributed by atoms with van der Waals surface area (Å²) in [4.78, 5) is 13.7. The van der Waals surface area contributed by atoms with Crippen molar-refractivity contribution in [2.45, 2.75) is 0 Å². The molecule has 0 aromatic carbocycles. The third-order valence-corrected chi connectivity index (χ3v) is 1.53. The Morgan fingerprint density at radius 3 is 2.87 bits per heavy atom. The van der Waals surface area contributed by atoms with E-state index < -0.39 is 4.92 Å². The van der Waals surface area contributed by atoms with Gasteiger partial charge >= 0.3 is 5.82 Å². The average molecular weight is 211 g/mol. The number of nitrogens with two attached hydrogens (primary N) is 2. The predicted molar refractivity (Wildman–Crippen MR) is 53.3 cm³/mol. The van der Waals surface area contributed by atoms with Crippen LogP contribution in [0.15, 0.2) is 16.4 Å². The first kappa shape index (κ1) is 10.6. The van der Waals surface area contributed by atoms with Gasteiger partial charge in [0.1, 0.15) is 12.4 Å². The van der Waals surface area contributed by atoms with Crippen LogP contribution in [0, 0.1) is 10.1 Å². The Balaban J connectivity index is 2.93. The summed E-state index contributed by atoms with van der Waals surface area (Å²) in [6, 6.07) is 0. The molecule has 4 N–H and O–H groups in total. The Morgan fingerprint density at radius 2 is 2.40 bits per heavy atom. The van der Waals surface area contributed by atoms with Gasteiger partial charge in [-0.15, -0.1) is 10.2 Å². The van der Waals surface area contributed by atoms with Crippen molar-refractivity contribution in [2.75, 3.05) is 0 Å².